The van der Waals surface area contributed by atoms with E-state index < -0.39 is 0 Å². The highest BCUT2D eigenvalue weighted by molar-refractivity contribution is 6.26. The highest BCUT2D eigenvalue weighted by Crippen LogP contribution is 2.43. The Morgan fingerprint density at radius 3 is 1.50 bits per heavy atom. The molecule has 0 aliphatic rings. The Hall–Kier alpha value is -8.55. The Bertz CT molecular complexity index is 3900. The van der Waals surface area contributed by atoms with Crippen LogP contribution in [0.4, 0.5) is 0 Å². The van der Waals surface area contributed by atoms with E-state index in [1.54, 1.807) is 0 Å². The fourth-order valence-corrected chi connectivity index (χ4v) is 9.10. The molecule has 13 aromatic rings. The molecular weight excluding hydrogens is 763 g/mol. The summed E-state index contributed by atoms with van der Waals surface area (Å²) < 4.78 is 13.4. The average molecular weight is 794 g/mol. The van der Waals surface area contributed by atoms with Crippen molar-refractivity contribution in [3.05, 3.63) is 188 Å². The van der Waals surface area contributed by atoms with Crippen LogP contribution in [0.2, 0.25) is 0 Å². The molecular formula is C55H31N5O2. The zero-order valence-electron chi connectivity index (χ0n) is 33.0. The minimum absolute atomic E-state index is 0.545. The monoisotopic (exact) mass is 793 g/mol. The second-order valence-corrected chi connectivity index (χ2v) is 15.5. The third kappa shape index (κ3) is 5.28. The van der Waals surface area contributed by atoms with Gasteiger partial charge < -0.3 is 8.83 Å². The first kappa shape index (κ1) is 34.3. The molecule has 0 fully saturated rings. The van der Waals surface area contributed by atoms with Gasteiger partial charge in [-0.2, -0.15) is 0 Å². The summed E-state index contributed by atoms with van der Waals surface area (Å²) in [5.41, 5.74) is 8.47. The van der Waals surface area contributed by atoms with Gasteiger partial charge in [-0.3, -0.25) is 0 Å². The number of nitrogens with zero attached hydrogens (tertiary/aromatic N) is 5. The SMILES string of the molecule is c1ccc(-c2nc(-c3ccc4c5ccccc5c5ccccc5c4c3)nc(-c3cccc4oc5c(-c6nc(-c7ccccc7)nc7c6oc6ccccc67)cccc5c34)n2)cc1. The van der Waals surface area contributed by atoms with Crippen LogP contribution in [0, 0.1) is 0 Å². The highest BCUT2D eigenvalue weighted by Gasteiger charge is 2.24. The van der Waals surface area contributed by atoms with Crippen LogP contribution in [-0.4, -0.2) is 24.9 Å². The van der Waals surface area contributed by atoms with Gasteiger partial charge in [-0.25, -0.2) is 24.9 Å². The number of fused-ring (bicyclic) bond motifs is 12. The average Bonchev–Trinajstić information content (AvgIpc) is 3.93. The molecule has 0 radical (unpaired) electrons. The molecule has 0 saturated heterocycles. The van der Waals surface area contributed by atoms with E-state index in [1.165, 1.54) is 26.9 Å². The van der Waals surface area contributed by atoms with E-state index in [4.69, 9.17) is 33.8 Å². The van der Waals surface area contributed by atoms with Crippen LogP contribution in [0.3, 0.4) is 0 Å². The summed E-state index contributed by atoms with van der Waals surface area (Å²) in [6.45, 7) is 0. The van der Waals surface area contributed by atoms with Crippen molar-refractivity contribution in [2.75, 3.05) is 0 Å². The quantitative estimate of drug-likeness (QED) is 0.160. The third-order valence-electron chi connectivity index (χ3n) is 11.9. The van der Waals surface area contributed by atoms with Crippen LogP contribution in [0.25, 0.3) is 133 Å². The van der Waals surface area contributed by atoms with Gasteiger partial charge in [0.15, 0.2) is 28.9 Å². The number of rotatable bonds is 5. The smallest absolute Gasteiger partial charge is 0.180 e. The van der Waals surface area contributed by atoms with E-state index in [2.05, 4.69) is 78.9 Å². The van der Waals surface area contributed by atoms with Crippen LogP contribution < -0.4 is 0 Å². The lowest BCUT2D eigenvalue weighted by atomic mass is 9.93. The number of hydrogen-bond acceptors (Lipinski definition) is 7. The Balaban J connectivity index is 1.04. The van der Waals surface area contributed by atoms with E-state index >= 15 is 0 Å². The molecule has 0 atom stereocenters. The van der Waals surface area contributed by atoms with Gasteiger partial charge in [0.05, 0.1) is 0 Å². The predicted octanol–water partition coefficient (Wildman–Crippen LogP) is 14.3. The molecule has 0 spiro atoms. The van der Waals surface area contributed by atoms with Gasteiger partial charge in [0.25, 0.3) is 0 Å². The van der Waals surface area contributed by atoms with E-state index in [-0.39, 0.29) is 0 Å². The van der Waals surface area contributed by atoms with Crippen molar-refractivity contribution in [3.8, 4) is 56.8 Å². The number of furan rings is 2. The normalized spacial score (nSPS) is 11.9. The van der Waals surface area contributed by atoms with Crippen molar-refractivity contribution in [2.24, 2.45) is 0 Å². The van der Waals surface area contributed by atoms with Crippen molar-refractivity contribution < 1.29 is 8.83 Å². The summed E-state index contributed by atoms with van der Waals surface area (Å²) in [7, 11) is 0. The maximum absolute atomic E-state index is 6.85. The second kappa shape index (κ2) is 13.5. The Morgan fingerprint density at radius 2 is 0.790 bits per heavy atom. The molecule has 0 N–H and O–H groups in total. The number of aromatic nitrogens is 5. The molecule has 0 aliphatic carbocycles. The summed E-state index contributed by atoms with van der Waals surface area (Å²) in [5, 5.41) is 9.91. The molecule has 7 nitrogen and oxygen atoms in total. The molecule has 13 rings (SSSR count). The molecule has 62 heavy (non-hydrogen) atoms. The molecule has 0 bridgehead atoms. The molecule has 7 heteroatoms. The zero-order chi connectivity index (χ0) is 40.7. The van der Waals surface area contributed by atoms with E-state index in [1.807, 2.05) is 109 Å². The van der Waals surface area contributed by atoms with Gasteiger partial charge in [-0.15, -0.1) is 0 Å². The number of para-hydroxylation sites is 2. The molecule has 9 aromatic carbocycles. The fourth-order valence-electron chi connectivity index (χ4n) is 9.10. The summed E-state index contributed by atoms with van der Waals surface area (Å²) in [4.78, 5) is 25.8. The maximum atomic E-state index is 6.85. The van der Waals surface area contributed by atoms with Crippen LogP contribution in [0.15, 0.2) is 197 Å². The molecule has 0 amide bonds. The first-order valence-corrected chi connectivity index (χ1v) is 20.6. The lowest BCUT2D eigenvalue weighted by molar-refractivity contribution is 0.663. The van der Waals surface area contributed by atoms with Crippen LogP contribution in [0.5, 0.6) is 0 Å². The van der Waals surface area contributed by atoms with Gasteiger partial charge in [0, 0.05) is 44.0 Å². The van der Waals surface area contributed by atoms with Gasteiger partial charge in [-0.1, -0.05) is 158 Å². The molecule has 0 saturated carbocycles. The Kier molecular flexibility index (Phi) is 7.47. The van der Waals surface area contributed by atoms with E-state index in [0.717, 1.165) is 60.5 Å². The summed E-state index contributed by atoms with van der Waals surface area (Å²) in [6, 6.07) is 64.1. The first-order valence-electron chi connectivity index (χ1n) is 20.6. The molecule has 4 aromatic heterocycles. The Morgan fingerprint density at radius 1 is 0.290 bits per heavy atom. The van der Waals surface area contributed by atoms with Crippen molar-refractivity contribution in [2.45, 2.75) is 0 Å². The Labute approximate surface area is 353 Å². The molecule has 0 unspecified atom stereocenters. The van der Waals surface area contributed by atoms with Gasteiger partial charge in [-0.05, 0) is 62.6 Å². The van der Waals surface area contributed by atoms with Crippen molar-refractivity contribution >= 4 is 76.3 Å². The van der Waals surface area contributed by atoms with E-state index in [9.17, 15) is 0 Å². The minimum Gasteiger partial charge on any atom is -0.455 e. The largest absolute Gasteiger partial charge is 0.455 e. The van der Waals surface area contributed by atoms with Crippen molar-refractivity contribution in [1.82, 2.24) is 24.9 Å². The van der Waals surface area contributed by atoms with Gasteiger partial charge in [0.1, 0.15) is 28.0 Å². The predicted molar refractivity (Wildman–Crippen MR) is 250 cm³/mol. The topological polar surface area (TPSA) is 90.7 Å². The van der Waals surface area contributed by atoms with Crippen LogP contribution >= 0.6 is 0 Å². The minimum atomic E-state index is 0.545. The van der Waals surface area contributed by atoms with Gasteiger partial charge in [0.2, 0.25) is 0 Å². The molecule has 288 valence electrons. The lowest BCUT2D eigenvalue weighted by Gasteiger charge is -2.13. The zero-order valence-corrected chi connectivity index (χ0v) is 33.0. The highest BCUT2D eigenvalue weighted by atomic mass is 16.3. The van der Waals surface area contributed by atoms with Crippen LogP contribution in [-0.2, 0) is 0 Å². The number of hydrogen-bond donors (Lipinski definition) is 0. The van der Waals surface area contributed by atoms with Crippen molar-refractivity contribution in [3.63, 3.8) is 0 Å². The van der Waals surface area contributed by atoms with Crippen molar-refractivity contribution in [1.29, 1.82) is 0 Å². The van der Waals surface area contributed by atoms with Crippen LogP contribution in [0.1, 0.15) is 0 Å². The number of benzene rings is 9. The maximum Gasteiger partial charge on any atom is 0.180 e. The second-order valence-electron chi connectivity index (χ2n) is 15.5. The lowest BCUT2D eigenvalue weighted by Crippen LogP contribution is -2.00. The van der Waals surface area contributed by atoms with Gasteiger partial charge >= 0.3 is 0 Å². The fraction of sp³-hybridized carbons (Fsp3) is 0. The third-order valence-corrected chi connectivity index (χ3v) is 11.9. The summed E-state index contributed by atoms with van der Waals surface area (Å²) >= 11 is 0. The molecule has 0 aliphatic heterocycles. The standard InChI is InChI=1S/C55H31N5O2/c1-3-15-32(16-4-1)52-56-48-40-23-11-12-27-45(40)61-51(48)49(57-52)43-26-13-24-41-47-42(25-14-28-46(47)62-50(41)43)55-59-53(33-17-5-2-6-18-33)58-54(60-55)34-29-30-39-37-21-8-7-19-35(37)36-20-9-10-22-38(36)44(39)31-34/h1-31H. The first-order chi connectivity index (χ1) is 30.7. The summed E-state index contributed by atoms with van der Waals surface area (Å²) in [6.07, 6.45) is 0. The van der Waals surface area contributed by atoms with E-state index in [0.29, 0.717) is 45.7 Å². The summed E-state index contributed by atoms with van der Waals surface area (Å²) in [5.74, 6) is 2.32. The molecule has 4 heterocycles.